The molecule has 0 atom stereocenters. The third kappa shape index (κ3) is 2.11. The van der Waals surface area contributed by atoms with Crippen LogP contribution < -0.4 is 0 Å². The third-order valence-electron chi connectivity index (χ3n) is 1.89. The Labute approximate surface area is 99.9 Å². The average Bonchev–Trinajstić information content (AvgIpc) is 2.23. The van der Waals surface area contributed by atoms with Crippen LogP contribution in [-0.4, -0.2) is 15.3 Å². The molecule has 0 fully saturated rings. The largest absolute Gasteiger partial charge is 0.507 e. The first-order chi connectivity index (χ1) is 7.18. The van der Waals surface area contributed by atoms with Gasteiger partial charge >= 0.3 is 0 Å². The second kappa shape index (κ2) is 4.16. The number of rotatable bonds is 1. The van der Waals surface area contributed by atoms with Crippen molar-refractivity contribution in [2.45, 2.75) is 0 Å². The zero-order chi connectivity index (χ0) is 10.8. The number of aromatic nitrogens is 2. The molecule has 76 valence electrons. The Morgan fingerprint density at radius 3 is 2.60 bits per heavy atom. The standard InChI is InChI=1S/C10H6BrClN2O/c11-7-5-8(13-14-10(7)12)6-3-1-2-4-9(6)15/h1-5,15H. The fourth-order valence-corrected chi connectivity index (χ4v) is 1.56. The van der Waals surface area contributed by atoms with E-state index in [-0.39, 0.29) is 5.75 Å². The number of nitrogens with zero attached hydrogens (tertiary/aromatic N) is 2. The van der Waals surface area contributed by atoms with E-state index in [1.54, 1.807) is 24.3 Å². The number of hydrogen-bond acceptors (Lipinski definition) is 3. The molecule has 0 spiro atoms. The van der Waals surface area contributed by atoms with E-state index in [0.717, 1.165) is 0 Å². The van der Waals surface area contributed by atoms with Crippen LogP contribution in [-0.2, 0) is 0 Å². The van der Waals surface area contributed by atoms with Crippen molar-refractivity contribution in [3.05, 3.63) is 40.0 Å². The molecule has 0 aliphatic heterocycles. The molecule has 1 aromatic heterocycles. The number of phenols is 1. The fraction of sp³-hybridized carbons (Fsp3) is 0. The summed E-state index contributed by atoms with van der Waals surface area (Å²) in [4.78, 5) is 0. The Morgan fingerprint density at radius 2 is 1.93 bits per heavy atom. The molecule has 0 radical (unpaired) electrons. The summed E-state index contributed by atoms with van der Waals surface area (Å²) in [5, 5.41) is 17.6. The zero-order valence-electron chi connectivity index (χ0n) is 7.48. The summed E-state index contributed by atoms with van der Waals surface area (Å²) in [5.74, 6) is 0.168. The van der Waals surface area contributed by atoms with Crippen LogP contribution in [0.1, 0.15) is 0 Å². The Hall–Kier alpha value is -1.13. The van der Waals surface area contributed by atoms with Gasteiger partial charge in [0.2, 0.25) is 0 Å². The van der Waals surface area contributed by atoms with Gasteiger partial charge in [0, 0.05) is 5.56 Å². The number of hydrogen-bond donors (Lipinski definition) is 1. The average molecular weight is 286 g/mol. The van der Waals surface area contributed by atoms with E-state index in [4.69, 9.17) is 11.6 Å². The molecule has 1 N–H and O–H groups in total. The van der Waals surface area contributed by atoms with Gasteiger partial charge in [0.1, 0.15) is 5.75 Å². The summed E-state index contributed by atoms with van der Waals surface area (Å²) in [7, 11) is 0. The highest BCUT2D eigenvalue weighted by Gasteiger charge is 2.07. The van der Waals surface area contributed by atoms with Gasteiger partial charge in [-0.1, -0.05) is 23.7 Å². The highest BCUT2D eigenvalue weighted by atomic mass is 79.9. The predicted octanol–water partition coefficient (Wildman–Crippen LogP) is 3.27. The van der Waals surface area contributed by atoms with Gasteiger partial charge in [0.25, 0.3) is 0 Å². The van der Waals surface area contributed by atoms with Crippen LogP contribution >= 0.6 is 27.5 Å². The highest BCUT2D eigenvalue weighted by Crippen LogP contribution is 2.29. The molecule has 0 amide bonds. The maximum atomic E-state index is 9.61. The van der Waals surface area contributed by atoms with Gasteiger partial charge < -0.3 is 5.11 Å². The topological polar surface area (TPSA) is 46.0 Å². The third-order valence-corrected chi connectivity index (χ3v) is 3.00. The van der Waals surface area contributed by atoms with E-state index in [2.05, 4.69) is 26.1 Å². The predicted molar refractivity (Wildman–Crippen MR) is 61.8 cm³/mol. The minimum absolute atomic E-state index is 0.168. The fourth-order valence-electron chi connectivity index (χ4n) is 1.18. The van der Waals surface area contributed by atoms with Gasteiger partial charge in [-0.2, -0.15) is 0 Å². The van der Waals surface area contributed by atoms with Gasteiger partial charge in [0.15, 0.2) is 5.15 Å². The Kier molecular flexibility index (Phi) is 2.88. The molecule has 5 heteroatoms. The van der Waals surface area contributed by atoms with Crippen molar-refractivity contribution in [2.24, 2.45) is 0 Å². The van der Waals surface area contributed by atoms with Crippen LogP contribution in [0.15, 0.2) is 34.8 Å². The van der Waals surface area contributed by atoms with Crippen LogP contribution in [0, 0.1) is 0 Å². The molecular formula is C10H6BrClN2O. The second-order valence-electron chi connectivity index (χ2n) is 2.89. The lowest BCUT2D eigenvalue weighted by molar-refractivity contribution is 0.477. The number of para-hydroxylation sites is 1. The Bertz CT molecular complexity index is 505. The quantitative estimate of drug-likeness (QED) is 0.875. The molecule has 2 aromatic rings. The normalized spacial score (nSPS) is 10.3. The summed E-state index contributed by atoms with van der Waals surface area (Å²) in [6, 6.07) is 8.64. The number of benzene rings is 1. The van der Waals surface area contributed by atoms with Crippen molar-refractivity contribution < 1.29 is 5.11 Å². The van der Waals surface area contributed by atoms with Crippen LogP contribution in [0.2, 0.25) is 5.15 Å². The van der Waals surface area contributed by atoms with E-state index < -0.39 is 0 Å². The lowest BCUT2D eigenvalue weighted by Gasteiger charge is -2.03. The molecule has 0 saturated heterocycles. The highest BCUT2D eigenvalue weighted by molar-refractivity contribution is 9.10. The van der Waals surface area contributed by atoms with Crippen molar-refractivity contribution in [1.29, 1.82) is 0 Å². The van der Waals surface area contributed by atoms with Crippen LogP contribution in [0.25, 0.3) is 11.3 Å². The maximum absolute atomic E-state index is 9.61. The molecule has 0 saturated carbocycles. The molecule has 0 aliphatic rings. The zero-order valence-corrected chi connectivity index (χ0v) is 9.83. The maximum Gasteiger partial charge on any atom is 0.165 e. The molecule has 1 aromatic carbocycles. The minimum atomic E-state index is 0.168. The van der Waals surface area contributed by atoms with E-state index in [1.165, 1.54) is 0 Å². The molecule has 1 heterocycles. The molecule has 0 bridgehead atoms. The van der Waals surface area contributed by atoms with E-state index in [9.17, 15) is 5.11 Å². The summed E-state index contributed by atoms with van der Waals surface area (Å²) in [6.07, 6.45) is 0. The van der Waals surface area contributed by atoms with Crippen molar-refractivity contribution in [1.82, 2.24) is 10.2 Å². The van der Waals surface area contributed by atoms with Crippen molar-refractivity contribution in [2.75, 3.05) is 0 Å². The molecule has 2 rings (SSSR count). The van der Waals surface area contributed by atoms with E-state index >= 15 is 0 Å². The molecular weight excluding hydrogens is 279 g/mol. The Balaban J connectivity index is 2.55. The lowest BCUT2D eigenvalue weighted by atomic mass is 10.1. The van der Waals surface area contributed by atoms with Crippen LogP contribution in [0.5, 0.6) is 5.75 Å². The van der Waals surface area contributed by atoms with Gasteiger partial charge in [-0.25, -0.2) is 0 Å². The summed E-state index contributed by atoms with van der Waals surface area (Å²) >= 11 is 8.98. The first-order valence-corrected chi connectivity index (χ1v) is 5.32. The van der Waals surface area contributed by atoms with Gasteiger partial charge in [-0.05, 0) is 34.1 Å². The van der Waals surface area contributed by atoms with Crippen LogP contribution in [0.4, 0.5) is 0 Å². The Morgan fingerprint density at radius 1 is 1.20 bits per heavy atom. The monoisotopic (exact) mass is 284 g/mol. The number of phenolic OH excluding ortho intramolecular Hbond substituents is 1. The molecule has 0 unspecified atom stereocenters. The minimum Gasteiger partial charge on any atom is -0.507 e. The van der Waals surface area contributed by atoms with Gasteiger partial charge in [-0.3, -0.25) is 0 Å². The van der Waals surface area contributed by atoms with Gasteiger partial charge in [0.05, 0.1) is 10.2 Å². The summed E-state index contributed by atoms with van der Waals surface area (Å²) in [6.45, 7) is 0. The number of halogens is 2. The first-order valence-electron chi connectivity index (χ1n) is 4.15. The van der Waals surface area contributed by atoms with Crippen molar-refractivity contribution in [3.63, 3.8) is 0 Å². The smallest absolute Gasteiger partial charge is 0.165 e. The molecule has 15 heavy (non-hydrogen) atoms. The summed E-state index contributed by atoms with van der Waals surface area (Å²) < 4.78 is 0.650. The molecule has 0 aliphatic carbocycles. The van der Waals surface area contributed by atoms with Crippen molar-refractivity contribution >= 4 is 27.5 Å². The summed E-state index contributed by atoms with van der Waals surface area (Å²) in [5.41, 5.74) is 1.20. The van der Waals surface area contributed by atoms with Gasteiger partial charge in [-0.15, -0.1) is 10.2 Å². The van der Waals surface area contributed by atoms with Crippen LogP contribution in [0.3, 0.4) is 0 Å². The lowest BCUT2D eigenvalue weighted by Crippen LogP contribution is -1.89. The number of aromatic hydroxyl groups is 1. The van der Waals surface area contributed by atoms with Crippen molar-refractivity contribution in [3.8, 4) is 17.0 Å². The van der Waals surface area contributed by atoms with E-state index in [0.29, 0.717) is 20.9 Å². The second-order valence-corrected chi connectivity index (χ2v) is 4.10. The SMILES string of the molecule is Oc1ccccc1-c1cc(Br)c(Cl)nn1. The van der Waals surface area contributed by atoms with E-state index in [1.807, 2.05) is 6.07 Å². The first kappa shape index (κ1) is 10.4. The molecule has 3 nitrogen and oxygen atoms in total.